The van der Waals surface area contributed by atoms with E-state index in [0.29, 0.717) is 5.56 Å². The Bertz CT molecular complexity index is 1550. The molecule has 38 heavy (non-hydrogen) atoms. The Kier molecular flexibility index (Phi) is 7.66. The third kappa shape index (κ3) is 5.90. The minimum absolute atomic E-state index is 0.0144. The Labute approximate surface area is 217 Å². The Hall–Kier alpha value is -3.26. The van der Waals surface area contributed by atoms with Crippen LogP contribution in [0.5, 0.6) is 0 Å². The van der Waals surface area contributed by atoms with Crippen molar-refractivity contribution in [3.63, 3.8) is 0 Å². The van der Waals surface area contributed by atoms with Gasteiger partial charge in [0.15, 0.2) is 0 Å². The van der Waals surface area contributed by atoms with Crippen molar-refractivity contribution < 1.29 is 39.9 Å². The van der Waals surface area contributed by atoms with Gasteiger partial charge in [-0.25, -0.2) is 26.4 Å². The second kappa shape index (κ2) is 10.5. The molecule has 13 heteroatoms. The zero-order valence-electron chi connectivity index (χ0n) is 19.7. The largest absolute Gasteiger partial charge is 0.478 e. The van der Waals surface area contributed by atoms with Crippen molar-refractivity contribution in [2.45, 2.75) is 34.9 Å². The fourth-order valence-corrected chi connectivity index (χ4v) is 7.26. The van der Waals surface area contributed by atoms with E-state index in [0.717, 1.165) is 22.5 Å². The van der Waals surface area contributed by atoms with Gasteiger partial charge in [-0.1, -0.05) is 42.5 Å². The molecular formula is C25H23F3N2O6S2. The second-order valence-electron chi connectivity index (χ2n) is 8.71. The van der Waals surface area contributed by atoms with Gasteiger partial charge in [0.25, 0.3) is 0 Å². The third-order valence-corrected chi connectivity index (χ3v) is 9.65. The summed E-state index contributed by atoms with van der Waals surface area (Å²) in [5.41, 5.74) is -0.795. The molecule has 0 amide bonds. The molecule has 3 aromatic carbocycles. The van der Waals surface area contributed by atoms with Crippen molar-refractivity contribution in [1.29, 1.82) is 0 Å². The van der Waals surface area contributed by atoms with Gasteiger partial charge < -0.3 is 5.11 Å². The zero-order chi connectivity index (χ0) is 27.7. The molecule has 0 atom stereocenters. The van der Waals surface area contributed by atoms with Gasteiger partial charge in [0.1, 0.15) is 0 Å². The van der Waals surface area contributed by atoms with E-state index in [2.05, 4.69) is 4.72 Å². The molecule has 8 nitrogen and oxygen atoms in total. The number of hydrogen-bond acceptors (Lipinski definition) is 5. The molecule has 1 aliphatic heterocycles. The van der Waals surface area contributed by atoms with Gasteiger partial charge in [-0.3, -0.25) is 0 Å². The highest BCUT2D eigenvalue weighted by atomic mass is 32.2. The Morgan fingerprint density at radius 1 is 0.868 bits per heavy atom. The van der Waals surface area contributed by atoms with Gasteiger partial charge in [0.2, 0.25) is 20.0 Å². The topological polar surface area (TPSA) is 121 Å². The summed E-state index contributed by atoms with van der Waals surface area (Å²) in [6, 6.07) is 15.3. The van der Waals surface area contributed by atoms with Crippen LogP contribution in [0.25, 0.3) is 11.1 Å². The normalized spacial score (nSPS) is 15.9. The predicted molar refractivity (Wildman–Crippen MR) is 132 cm³/mol. The van der Waals surface area contributed by atoms with Crippen LogP contribution < -0.4 is 4.72 Å². The number of rotatable bonds is 7. The van der Waals surface area contributed by atoms with Crippen molar-refractivity contribution in [2.75, 3.05) is 13.1 Å². The van der Waals surface area contributed by atoms with Crippen LogP contribution in [0.2, 0.25) is 0 Å². The molecule has 1 fully saturated rings. The molecule has 1 aliphatic rings. The number of piperidine rings is 1. The lowest BCUT2D eigenvalue weighted by Crippen LogP contribution is -2.46. The number of carbonyl (C=O) groups is 1. The monoisotopic (exact) mass is 568 g/mol. The summed E-state index contributed by atoms with van der Waals surface area (Å²) in [6.07, 6.45) is -4.90. The van der Waals surface area contributed by atoms with Crippen LogP contribution in [0.3, 0.4) is 0 Å². The number of benzene rings is 3. The smallest absolute Gasteiger partial charge is 0.417 e. The van der Waals surface area contributed by atoms with E-state index in [1.54, 1.807) is 30.3 Å². The van der Waals surface area contributed by atoms with Gasteiger partial charge in [0.05, 0.1) is 20.9 Å². The van der Waals surface area contributed by atoms with E-state index in [9.17, 15) is 34.8 Å². The first-order valence-corrected chi connectivity index (χ1v) is 14.3. The molecule has 0 aromatic heterocycles. The van der Waals surface area contributed by atoms with E-state index in [1.165, 1.54) is 24.3 Å². The number of carboxylic acids is 1. The Morgan fingerprint density at radius 3 is 2.13 bits per heavy atom. The summed E-state index contributed by atoms with van der Waals surface area (Å²) < 4.78 is 96.9. The van der Waals surface area contributed by atoms with E-state index in [4.69, 9.17) is 5.11 Å². The predicted octanol–water partition coefficient (Wildman–Crippen LogP) is 4.20. The van der Waals surface area contributed by atoms with E-state index < -0.39 is 48.7 Å². The average molecular weight is 569 g/mol. The molecule has 3 aromatic rings. The molecule has 202 valence electrons. The molecule has 0 spiro atoms. The molecule has 2 N–H and O–H groups in total. The fraction of sp³-hybridized carbons (Fsp3) is 0.240. The fourth-order valence-electron chi connectivity index (χ4n) is 4.23. The molecule has 0 aliphatic carbocycles. The maximum absolute atomic E-state index is 13.9. The molecule has 0 radical (unpaired) electrons. The van der Waals surface area contributed by atoms with Gasteiger partial charge in [-0.15, -0.1) is 0 Å². The summed E-state index contributed by atoms with van der Waals surface area (Å²) in [4.78, 5) is 10.1. The number of halogens is 3. The lowest BCUT2D eigenvalue weighted by Gasteiger charge is -2.31. The van der Waals surface area contributed by atoms with Crippen molar-refractivity contribution in [3.8, 4) is 11.1 Å². The molecule has 0 bridgehead atoms. The highest BCUT2D eigenvalue weighted by Gasteiger charge is 2.39. The highest BCUT2D eigenvalue weighted by Crippen LogP contribution is 2.37. The molecule has 4 rings (SSSR count). The van der Waals surface area contributed by atoms with Crippen molar-refractivity contribution in [3.05, 3.63) is 83.9 Å². The lowest BCUT2D eigenvalue weighted by atomic mass is 10.0. The number of alkyl halides is 3. The van der Waals surface area contributed by atoms with Gasteiger partial charge in [0, 0.05) is 19.1 Å². The van der Waals surface area contributed by atoms with Crippen LogP contribution in [0.4, 0.5) is 13.2 Å². The molecule has 1 saturated heterocycles. The molecule has 0 saturated carbocycles. The zero-order valence-corrected chi connectivity index (χ0v) is 21.4. The first kappa shape index (κ1) is 27.8. The van der Waals surface area contributed by atoms with Gasteiger partial charge in [-0.05, 0) is 54.3 Å². The molecular weight excluding hydrogens is 545 g/mol. The van der Waals surface area contributed by atoms with Crippen molar-refractivity contribution in [1.82, 2.24) is 9.03 Å². The minimum Gasteiger partial charge on any atom is -0.478 e. The SMILES string of the molecule is O=C(O)c1cccc(S(=O)(=O)N2CCC(NS(=O)(=O)c3ccc(-c4ccccc4)cc3C(F)(F)F)CC2)c1. The number of nitrogens with one attached hydrogen (secondary N) is 1. The van der Waals surface area contributed by atoms with Crippen LogP contribution in [-0.2, 0) is 26.2 Å². The molecule has 1 heterocycles. The van der Waals surface area contributed by atoms with Crippen LogP contribution >= 0.6 is 0 Å². The third-order valence-electron chi connectivity index (χ3n) is 6.18. The number of hydrogen-bond donors (Lipinski definition) is 2. The van der Waals surface area contributed by atoms with Crippen LogP contribution in [0.15, 0.2) is 82.6 Å². The van der Waals surface area contributed by atoms with E-state index in [-0.39, 0.29) is 42.0 Å². The van der Waals surface area contributed by atoms with Crippen LogP contribution in [0.1, 0.15) is 28.8 Å². The summed E-state index contributed by atoms with van der Waals surface area (Å²) in [5, 5.41) is 9.12. The quantitative estimate of drug-likeness (QED) is 0.441. The highest BCUT2D eigenvalue weighted by molar-refractivity contribution is 7.89. The minimum atomic E-state index is -4.93. The van der Waals surface area contributed by atoms with Gasteiger partial charge in [-0.2, -0.15) is 17.5 Å². The first-order chi connectivity index (χ1) is 17.8. The van der Waals surface area contributed by atoms with Crippen LogP contribution in [-0.4, -0.2) is 51.3 Å². The number of carboxylic acid groups (broad SMARTS) is 1. The van der Waals surface area contributed by atoms with Crippen LogP contribution in [0, 0.1) is 0 Å². The van der Waals surface area contributed by atoms with Gasteiger partial charge >= 0.3 is 12.1 Å². The average Bonchev–Trinajstić information content (AvgIpc) is 2.88. The summed E-state index contributed by atoms with van der Waals surface area (Å²) in [5.74, 6) is -1.29. The molecule has 0 unspecified atom stereocenters. The summed E-state index contributed by atoms with van der Waals surface area (Å²) in [7, 11) is -8.65. The first-order valence-electron chi connectivity index (χ1n) is 11.4. The number of aromatic carboxylic acids is 1. The standard InChI is InChI=1S/C25H23F3N2O6S2/c26-25(27,28)22-16-18(17-5-2-1-3-6-17)9-10-23(22)37(33,34)29-20-11-13-30(14-12-20)38(35,36)21-8-4-7-19(15-21)24(31)32/h1-10,15-16,20,29H,11-14H2,(H,31,32). The Balaban J connectivity index is 1.52. The van der Waals surface area contributed by atoms with E-state index >= 15 is 0 Å². The summed E-state index contributed by atoms with van der Waals surface area (Å²) in [6.45, 7) is -0.211. The maximum atomic E-state index is 13.9. The van der Waals surface area contributed by atoms with Crippen molar-refractivity contribution >= 4 is 26.0 Å². The van der Waals surface area contributed by atoms with E-state index in [1.807, 2.05) is 0 Å². The van der Waals surface area contributed by atoms with Crippen molar-refractivity contribution in [2.24, 2.45) is 0 Å². The Morgan fingerprint density at radius 2 is 1.53 bits per heavy atom. The second-order valence-corrected chi connectivity index (χ2v) is 12.3. The number of sulfonamides is 2. The summed E-state index contributed by atoms with van der Waals surface area (Å²) >= 11 is 0. The number of nitrogens with zero attached hydrogens (tertiary/aromatic N) is 1. The lowest BCUT2D eigenvalue weighted by molar-refractivity contribution is -0.139. The maximum Gasteiger partial charge on any atom is 0.417 e.